The highest BCUT2D eigenvalue weighted by atomic mass is 32.2. The summed E-state index contributed by atoms with van der Waals surface area (Å²) in [6, 6.07) is 32.9. The van der Waals surface area contributed by atoms with Gasteiger partial charge in [-0.2, -0.15) is 4.98 Å². The molecule has 4 aromatic carbocycles. The van der Waals surface area contributed by atoms with Crippen molar-refractivity contribution in [1.82, 2.24) is 14.9 Å². The fraction of sp³-hybridized carbons (Fsp3) is 0.237. The molecule has 1 fully saturated rings. The van der Waals surface area contributed by atoms with Crippen LogP contribution in [0.1, 0.15) is 32.6 Å². The van der Waals surface area contributed by atoms with Gasteiger partial charge in [0.2, 0.25) is 11.8 Å². The molecule has 0 bridgehead atoms. The number of benzene rings is 4. The molecule has 1 unspecified atom stereocenters. The minimum absolute atomic E-state index is 0.147. The number of rotatable bonds is 12. The Bertz CT molecular complexity index is 2010. The first-order valence-corrected chi connectivity index (χ1v) is 17.5. The lowest BCUT2D eigenvalue weighted by Crippen LogP contribution is -2.53. The largest absolute Gasteiger partial charge is 0.478 e. The summed E-state index contributed by atoms with van der Waals surface area (Å²) in [5.41, 5.74) is 5.30. The van der Waals surface area contributed by atoms with Gasteiger partial charge in [0.1, 0.15) is 6.10 Å². The van der Waals surface area contributed by atoms with Gasteiger partial charge in [0.05, 0.1) is 35.4 Å². The van der Waals surface area contributed by atoms with E-state index in [1.165, 1.54) is 23.8 Å². The summed E-state index contributed by atoms with van der Waals surface area (Å²) in [5, 5.41) is 9.45. The van der Waals surface area contributed by atoms with Crippen LogP contribution in [0.15, 0.2) is 114 Å². The SMILES string of the molecule is Cc1cccc(C)c1-c1cc(OC(Cc2ccccc2)[C@H]2COCCN2Cc2ccccc2)nc(NS(=O)(=O)c2cccc(C(=O)O)c2)n1. The fourth-order valence-electron chi connectivity index (χ4n) is 6.12. The number of carbonyl (C=O) groups is 1. The van der Waals surface area contributed by atoms with Crippen molar-refractivity contribution >= 4 is 21.9 Å². The van der Waals surface area contributed by atoms with Crippen molar-refractivity contribution in [2.75, 3.05) is 24.5 Å². The molecule has 1 saturated heterocycles. The molecule has 0 spiro atoms. The Morgan fingerprint density at radius 3 is 2.29 bits per heavy atom. The highest BCUT2D eigenvalue weighted by Gasteiger charge is 2.33. The maximum Gasteiger partial charge on any atom is 0.335 e. The molecule has 1 aromatic heterocycles. The van der Waals surface area contributed by atoms with E-state index in [0.717, 1.165) is 28.3 Å². The van der Waals surface area contributed by atoms with Gasteiger partial charge in [0.25, 0.3) is 10.0 Å². The number of carboxylic acid groups (broad SMARTS) is 1. The van der Waals surface area contributed by atoms with Crippen LogP contribution in [0.4, 0.5) is 5.95 Å². The van der Waals surface area contributed by atoms with Crippen LogP contribution in [0.5, 0.6) is 5.88 Å². The minimum Gasteiger partial charge on any atom is -0.478 e. The van der Waals surface area contributed by atoms with E-state index >= 15 is 0 Å². The van der Waals surface area contributed by atoms with Crippen LogP contribution in [0.3, 0.4) is 0 Å². The molecule has 49 heavy (non-hydrogen) atoms. The molecule has 0 saturated carbocycles. The van der Waals surface area contributed by atoms with E-state index in [1.54, 1.807) is 6.07 Å². The molecule has 2 heterocycles. The summed E-state index contributed by atoms with van der Waals surface area (Å²) >= 11 is 0. The fourth-order valence-corrected chi connectivity index (χ4v) is 7.11. The van der Waals surface area contributed by atoms with Crippen molar-refractivity contribution in [3.63, 3.8) is 0 Å². The smallest absolute Gasteiger partial charge is 0.335 e. The molecule has 1 aliphatic rings. The topological polar surface area (TPSA) is 131 Å². The Hall–Kier alpha value is -5.10. The standard InChI is InChI=1S/C38H38N4O6S/c1-26-11-9-12-27(2)36(26)32-23-35(40-38(39-32)41-49(45,46)31-18-10-17-30(22-31)37(43)44)48-34(21-28-13-5-3-6-14-28)33-25-47-20-19-42(33)24-29-15-7-4-8-16-29/h3-18,22-23,33-34H,19-21,24-25H2,1-2H3,(H,43,44)(H,39,40,41)/t33-,34?/m1/s1. The third kappa shape index (κ3) is 8.32. The van der Waals surface area contributed by atoms with Gasteiger partial charge in [-0.05, 0) is 54.3 Å². The van der Waals surface area contributed by atoms with E-state index in [1.807, 2.05) is 68.4 Å². The van der Waals surface area contributed by atoms with Crippen LogP contribution >= 0.6 is 0 Å². The van der Waals surface area contributed by atoms with E-state index in [9.17, 15) is 18.3 Å². The van der Waals surface area contributed by atoms with Gasteiger partial charge in [-0.3, -0.25) is 4.90 Å². The normalized spacial score (nSPS) is 15.8. The average Bonchev–Trinajstić information content (AvgIpc) is 3.09. The predicted octanol–water partition coefficient (Wildman–Crippen LogP) is 6.15. The average molecular weight is 679 g/mol. The number of aryl methyl sites for hydroxylation is 2. The van der Waals surface area contributed by atoms with Gasteiger partial charge in [0.15, 0.2) is 0 Å². The molecule has 11 heteroatoms. The molecule has 252 valence electrons. The van der Waals surface area contributed by atoms with Crippen molar-refractivity contribution in [2.24, 2.45) is 0 Å². The Labute approximate surface area is 286 Å². The van der Waals surface area contributed by atoms with Gasteiger partial charge >= 0.3 is 5.97 Å². The summed E-state index contributed by atoms with van der Waals surface area (Å²) in [6.45, 7) is 6.39. The third-order valence-corrected chi connectivity index (χ3v) is 9.87. The predicted molar refractivity (Wildman–Crippen MR) is 187 cm³/mol. The van der Waals surface area contributed by atoms with E-state index in [0.29, 0.717) is 38.4 Å². The minimum atomic E-state index is -4.27. The number of anilines is 1. The second-order valence-electron chi connectivity index (χ2n) is 12.1. The van der Waals surface area contributed by atoms with Gasteiger partial charge in [0, 0.05) is 31.1 Å². The molecular weight excluding hydrogens is 641 g/mol. The number of hydrogen-bond acceptors (Lipinski definition) is 8. The third-order valence-electron chi connectivity index (χ3n) is 8.55. The molecule has 2 atom stereocenters. The number of nitrogens with zero attached hydrogens (tertiary/aromatic N) is 3. The number of morpholine rings is 1. The molecule has 0 radical (unpaired) electrons. The summed E-state index contributed by atoms with van der Waals surface area (Å²) in [7, 11) is -4.27. The molecule has 0 amide bonds. The highest BCUT2D eigenvalue weighted by Crippen LogP contribution is 2.31. The monoisotopic (exact) mass is 678 g/mol. The lowest BCUT2D eigenvalue weighted by atomic mass is 9.99. The molecule has 1 aliphatic heterocycles. The maximum atomic E-state index is 13.5. The van der Waals surface area contributed by atoms with Gasteiger partial charge in [-0.15, -0.1) is 0 Å². The first-order chi connectivity index (χ1) is 23.7. The molecular formula is C38H38N4O6S. The lowest BCUT2D eigenvalue weighted by molar-refractivity contribution is -0.0554. The molecule has 10 nitrogen and oxygen atoms in total. The Balaban J connectivity index is 1.40. The zero-order valence-electron chi connectivity index (χ0n) is 27.3. The second-order valence-corrected chi connectivity index (χ2v) is 13.7. The van der Waals surface area contributed by atoms with Crippen LogP contribution in [0, 0.1) is 13.8 Å². The van der Waals surface area contributed by atoms with Gasteiger partial charge < -0.3 is 14.6 Å². The number of aromatic nitrogens is 2. The number of hydrogen-bond donors (Lipinski definition) is 2. The van der Waals surface area contributed by atoms with Crippen molar-refractivity contribution < 1.29 is 27.8 Å². The number of carboxylic acids is 1. The van der Waals surface area contributed by atoms with Crippen LogP contribution in [0.2, 0.25) is 0 Å². The Kier molecular flexibility index (Phi) is 10.3. The first kappa shape index (κ1) is 33.8. The number of sulfonamides is 1. The number of ether oxygens (including phenoxy) is 2. The van der Waals surface area contributed by atoms with Crippen molar-refractivity contribution in [2.45, 2.75) is 43.9 Å². The van der Waals surface area contributed by atoms with Crippen LogP contribution < -0.4 is 9.46 Å². The Morgan fingerprint density at radius 2 is 1.59 bits per heavy atom. The summed E-state index contributed by atoms with van der Waals surface area (Å²) in [4.78, 5) is 22.9. The summed E-state index contributed by atoms with van der Waals surface area (Å²) in [5.74, 6) is -1.25. The van der Waals surface area contributed by atoms with E-state index in [-0.39, 0.29) is 28.3 Å². The maximum absolute atomic E-state index is 13.5. The number of aromatic carboxylic acids is 1. The molecule has 5 aromatic rings. The van der Waals surface area contributed by atoms with Crippen molar-refractivity contribution in [3.05, 3.63) is 137 Å². The molecule has 6 rings (SSSR count). The van der Waals surface area contributed by atoms with E-state index in [2.05, 4.69) is 43.9 Å². The van der Waals surface area contributed by atoms with E-state index in [4.69, 9.17) is 9.47 Å². The van der Waals surface area contributed by atoms with Crippen LogP contribution in [0.25, 0.3) is 11.3 Å². The summed E-state index contributed by atoms with van der Waals surface area (Å²) in [6.07, 6.45) is 0.121. The molecule has 0 aliphatic carbocycles. The first-order valence-electron chi connectivity index (χ1n) is 16.0. The zero-order chi connectivity index (χ0) is 34.4. The lowest BCUT2D eigenvalue weighted by Gasteiger charge is -2.40. The van der Waals surface area contributed by atoms with Gasteiger partial charge in [-0.1, -0.05) is 84.9 Å². The Morgan fingerprint density at radius 1 is 0.918 bits per heavy atom. The van der Waals surface area contributed by atoms with E-state index < -0.39 is 22.1 Å². The second kappa shape index (κ2) is 15.0. The highest BCUT2D eigenvalue weighted by molar-refractivity contribution is 7.92. The zero-order valence-corrected chi connectivity index (χ0v) is 28.1. The molecule has 2 N–H and O–H groups in total. The number of nitrogens with one attached hydrogen (secondary N) is 1. The quantitative estimate of drug-likeness (QED) is 0.160. The van der Waals surface area contributed by atoms with Crippen molar-refractivity contribution in [3.8, 4) is 17.1 Å². The van der Waals surface area contributed by atoms with Crippen LogP contribution in [-0.2, 0) is 27.7 Å². The van der Waals surface area contributed by atoms with Crippen molar-refractivity contribution in [1.29, 1.82) is 0 Å². The van der Waals surface area contributed by atoms with Crippen LogP contribution in [-0.4, -0.2) is 66.3 Å². The van der Waals surface area contributed by atoms with Gasteiger partial charge in [-0.25, -0.2) is 22.9 Å². The summed E-state index contributed by atoms with van der Waals surface area (Å²) < 4.78 is 42.4.